The molecule has 148 valence electrons. The van der Waals surface area contributed by atoms with Gasteiger partial charge < -0.3 is 9.52 Å². The van der Waals surface area contributed by atoms with Crippen LogP contribution in [0.5, 0.6) is 5.75 Å². The van der Waals surface area contributed by atoms with E-state index in [2.05, 4.69) is 15.9 Å². The van der Waals surface area contributed by atoms with Gasteiger partial charge in [0.05, 0.1) is 17.0 Å². The smallest absolute Gasteiger partial charge is 0.295 e. The molecular formula is C24H16BrNO4. The highest BCUT2D eigenvalue weighted by Crippen LogP contribution is 2.41. The summed E-state index contributed by atoms with van der Waals surface area (Å²) in [4.78, 5) is 28.5. The third-order valence-electron chi connectivity index (χ3n) is 5.35. The number of hydrogen-bond donors (Lipinski definition) is 1. The van der Waals surface area contributed by atoms with E-state index in [1.807, 2.05) is 31.2 Å². The average molecular weight is 462 g/mol. The maximum absolute atomic E-state index is 13.5. The molecular weight excluding hydrogens is 446 g/mol. The molecule has 4 aromatic rings. The minimum absolute atomic E-state index is 0.0495. The van der Waals surface area contributed by atoms with Gasteiger partial charge in [0.15, 0.2) is 5.43 Å². The van der Waals surface area contributed by atoms with Gasteiger partial charge in [0, 0.05) is 10.2 Å². The molecule has 1 atom stereocenters. The molecule has 0 spiro atoms. The lowest BCUT2D eigenvalue weighted by atomic mass is 9.98. The molecule has 1 N–H and O–H groups in total. The highest BCUT2D eigenvalue weighted by atomic mass is 79.9. The monoisotopic (exact) mass is 461 g/mol. The molecule has 5 rings (SSSR count). The number of carbonyl (C=O) groups is 1. The van der Waals surface area contributed by atoms with Crippen LogP contribution in [0.15, 0.2) is 80.4 Å². The summed E-state index contributed by atoms with van der Waals surface area (Å²) >= 11 is 3.40. The second kappa shape index (κ2) is 6.85. The van der Waals surface area contributed by atoms with E-state index in [9.17, 15) is 14.7 Å². The molecule has 6 heteroatoms. The van der Waals surface area contributed by atoms with Crippen LogP contribution in [0.4, 0.5) is 5.69 Å². The Labute approximate surface area is 180 Å². The molecule has 2 heterocycles. The number of phenolic OH excluding ortho intramolecular Hbond substituents is 1. The number of phenols is 1. The number of hydrogen-bond acceptors (Lipinski definition) is 4. The van der Waals surface area contributed by atoms with Crippen LogP contribution in [0.3, 0.4) is 0 Å². The third-order valence-corrected chi connectivity index (χ3v) is 5.85. The number of benzene rings is 3. The highest BCUT2D eigenvalue weighted by molar-refractivity contribution is 9.10. The number of fused-ring (bicyclic) bond motifs is 2. The summed E-state index contributed by atoms with van der Waals surface area (Å²) in [7, 11) is 0. The van der Waals surface area contributed by atoms with Crippen molar-refractivity contribution in [2.45, 2.75) is 13.0 Å². The number of amides is 1. The number of anilines is 1. The molecule has 0 saturated carbocycles. The van der Waals surface area contributed by atoms with Crippen molar-refractivity contribution in [1.29, 1.82) is 0 Å². The van der Waals surface area contributed by atoms with E-state index >= 15 is 0 Å². The van der Waals surface area contributed by atoms with E-state index < -0.39 is 6.04 Å². The van der Waals surface area contributed by atoms with E-state index in [0.29, 0.717) is 27.8 Å². The predicted octanol–water partition coefficient (Wildman–Crippen LogP) is 5.32. The van der Waals surface area contributed by atoms with Gasteiger partial charge in [-0.25, -0.2) is 0 Å². The number of halogens is 1. The summed E-state index contributed by atoms with van der Waals surface area (Å²) in [5.74, 6) is -0.207. The fraction of sp³-hybridized carbons (Fsp3) is 0.0833. The SMILES string of the molecule is Cc1ccc(N2C(=O)c3oc4ccc(Br)cc4c(=O)c3C2c2ccc(O)cc2)cc1. The Morgan fingerprint density at radius 3 is 2.37 bits per heavy atom. The number of carbonyl (C=O) groups excluding carboxylic acids is 1. The first-order chi connectivity index (χ1) is 14.4. The Balaban J connectivity index is 1.81. The summed E-state index contributed by atoms with van der Waals surface area (Å²) in [6, 6.07) is 18.6. The van der Waals surface area contributed by atoms with E-state index in [0.717, 1.165) is 10.0 Å². The maximum atomic E-state index is 13.5. The van der Waals surface area contributed by atoms with Gasteiger partial charge in [0.1, 0.15) is 11.3 Å². The standard InChI is InChI=1S/C24H16BrNO4/c1-13-2-7-16(8-3-13)26-21(14-4-9-17(27)10-5-14)20-22(28)18-12-15(25)6-11-19(18)30-23(20)24(26)29/h2-12,21,27H,1H3. The highest BCUT2D eigenvalue weighted by Gasteiger charge is 2.43. The second-order valence-corrected chi connectivity index (χ2v) is 8.23. The summed E-state index contributed by atoms with van der Waals surface area (Å²) in [6.45, 7) is 1.97. The number of rotatable bonds is 2. The lowest BCUT2D eigenvalue weighted by Gasteiger charge is -2.25. The zero-order chi connectivity index (χ0) is 21.0. The number of aryl methyl sites for hydroxylation is 1. The minimum Gasteiger partial charge on any atom is -0.508 e. The van der Waals surface area contributed by atoms with Gasteiger partial charge in [0.25, 0.3) is 5.91 Å². The molecule has 30 heavy (non-hydrogen) atoms. The molecule has 0 radical (unpaired) electrons. The first-order valence-electron chi connectivity index (χ1n) is 9.39. The molecule has 0 fully saturated rings. The lowest BCUT2D eigenvalue weighted by molar-refractivity contribution is 0.0971. The number of aromatic hydroxyl groups is 1. The first-order valence-corrected chi connectivity index (χ1v) is 10.2. The molecule has 0 aliphatic carbocycles. The Morgan fingerprint density at radius 2 is 1.67 bits per heavy atom. The van der Waals surface area contributed by atoms with Crippen molar-refractivity contribution in [1.82, 2.24) is 0 Å². The second-order valence-electron chi connectivity index (χ2n) is 7.32. The first kappa shape index (κ1) is 18.6. The molecule has 3 aromatic carbocycles. The molecule has 0 bridgehead atoms. The predicted molar refractivity (Wildman–Crippen MR) is 118 cm³/mol. The van der Waals surface area contributed by atoms with E-state index in [1.165, 1.54) is 0 Å². The molecule has 1 aliphatic rings. The Morgan fingerprint density at radius 1 is 0.967 bits per heavy atom. The number of nitrogens with zero attached hydrogens (tertiary/aromatic N) is 1. The fourth-order valence-electron chi connectivity index (χ4n) is 3.89. The van der Waals surface area contributed by atoms with Crippen molar-refractivity contribution in [2.75, 3.05) is 4.90 Å². The Bertz CT molecular complexity index is 1360. The van der Waals surface area contributed by atoms with Gasteiger partial charge in [-0.3, -0.25) is 14.5 Å². The molecule has 1 unspecified atom stereocenters. The van der Waals surface area contributed by atoms with Gasteiger partial charge in [-0.05, 0) is 55.0 Å². The van der Waals surface area contributed by atoms with E-state index in [-0.39, 0.29) is 22.8 Å². The van der Waals surface area contributed by atoms with Crippen molar-refractivity contribution >= 4 is 38.5 Å². The largest absolute Gasteiger partial charge is 0.508 e. The molecule has 0 saturated heterocycles. The molecule has 1 aromatic heterocycles. The normalized spacial score (nSPS) is 15.6. The van der Waals surface area contributed by atoms with Gasteiger partial charge in [0.2, 0.25) is 5.76 Å². The zero-order valence-corrected chi connectivity index (χ0v) is 17.5. The van der Waals surface area contributed by atoms with Crippen LogP contribution >= 0.6 is 15.9 Å². The van der Waals surface area contributed by atoms with Crippen LogP contribution in [0, 0.1) is 6.92 Å². The third kappa shape index (κ3) is 2.83. The summed E-state index contributed by atoms with van der Waals surface area (Å²) in [5, 5.41) is 10.1. The molecule has 5 nitrogen and oxygen atoms in total. The summed E-state index contributed by atoms with van der Waals surface area (Å²) in [5.41, 5.74) is 2.87. The minimum atomic E-state index is -0.657. The topological polar surface area (TPSA) is 70.8 Å². The van der Waals surface area contributed by atoms with E-state index in [1.54, 1.807) is 47.4 Å². The van der Waals surface area contributed by atoms with Gasteiger partial charge >= 0.3 is 0 Å². The summed E-state index contributed by atoms with van der Waals surface area (Å²) in [6.07, 6.45) is 0. The maximum Gasteiger partial charge on any atom is 0.295 e. The van der Waals surface area contributed by atoms with Gasteiger partial charge in [-0.2, -0.15) is 0 Å². The van der Waals surface area contributed by atoms with Gasteiger partial charge in [-0.15, -0.1) is 0 Å². The van der Waals surface area contributed by atoms with Crippen molar-refractivity contribution in [3.63, 3.8) is 0 Å². The fourth-order valence-corrected chi connectivity index (χ4v) is 4.25. The Kier molecular flexibility index (Phi) is 4.25. The van der Waals surface area contributed by atoms with Crippen LogP contribution in [-0.4, -0.2) is 11.0 Å². The lowest BCUT2D eigenvalue weighted by Crippen LogP contribution is -2.29. The quantitative estimate of drug-likeness (QED) is 0.438. The summed E-state index contributed by atoms with van der Waals surface area (Å²) < 4.78 is 6.69. The Hall–Kier alpha value is -3.38. The zero-order valence-electron chi connectivity index (χ0n) is 15.9. The van der Waals surface area contributed by atoms with Crippen molar-refractivity contribution in [3.05, 3.63) is 104 Å². The van der Waals surface area contributed by atoms with Crippen molar-refractivity contribution < 1.29 is 14.3 Å². The van der Waals surface area contributed by atoms with Crippen LogP contribution in [-0.2, 0) is 0 Å². The van der Waals surface area contributed by atoms with Crippen LogP contribution in [0.1, 0.15) is 33.3 Å². The van der Waals surface area contributed by atoms with E-state index in [4.69, 9.17) is 4.42 Å². The van der Waals surface area contributed by atoms with Crippen LogP contribution in [0.25, 0.3) is 11.0 Å². The molecule has 1 aliphatic heterocycles. The van der Waals surface area contributed by atoms with Crippen LogP contribution in [0.2, 0.25) is 0 Å². The van der Waals surface area contributed by atoms with Crippen LogP contribution < -0.4 is 10.3 Å². The molecule has 1 amide bonds. The average Bonchev–Trinajstić information content (AvgIpc) is 3.03. The van der Waals surface area contributed by atoms with Crippen molar-refractivity contribution in [2.24, 2.45) is 0 Å². The van der Waals surface area contributed by atoms with Gasteiger partial charge in [-0.1, -0.05) is 45.8 Å². The van der Waals surface area contributed by atoms with Crippen molar-refractivity contribution in [3.8, 4) is 5.75 Å².